The Morgan fingerprint density at radius 3 is 2.17 bits per heavy atom. The molecule has 0 aliphatic rings. The number of thiazole rings is 1. The zero-order valence-electron chi connectivity index (χ0n) is 15.4. The van der Waals surface area contributed by atoms with E-state index in [1.165, 1.54) is 15.8 Å². The standard InChI is InChI=1S/C18H15NS.2C2H6/c1-4-13-11-10-12(3)17(14(13)5-2)18-19-15-8-6-7-9-16(15)20-18;2*1-2/h4-11H,1-2H2,3H3;2*1-2H3. The average Bonchev–Trinajstić information content (AvgIpc) is 3.08. The number of para-hydroxylation sites is 1. The molecule has 2 aromatic carbocycles. The number of aryl methyl sites for hydroxylation is 1. The van der Waals surface area contributed by atoms with Crippen molar-refractivity contribution in [2.24, 2.45) is 0 Å². The van der Waals surface area contributed by atoms with Gasteiger partial charge in [-0.1, -0.05) is 77.3 Å². The van der Waals surface area contributed by atoms with Crippen molar-refractivity contribution in [2.45, 2.75) is 34.6 Å². The summed E-state index contributed by atoms with van der Waals surface area (Å²) in [6.07, 6.45) is 3.76. The van der Waals surface area contributed by atoms with Crippen LogP contribution in [0.1, 0.15) is 44.4 Å². The van der Waals surface area contributed by atoms with E-state index in [-0.39, 0.29) is 0 Å². The van der Waals surface area contributed by atoms with E-state index in [9.17, 15) is 0 Å². The molecule has 1 aromatic heterocycles. The number of aromatic nitrogens is 1. The lowest BCUT2D eigenvalue weighted by Gasteiger charge is -2.10. The maximum absolute atomic E-state index is 4.76. The molecule has 0 amide bonds. The first-order chi connectivity index (χ1) is 11.7. The van der Waals surface area contributed by atoms with Gasteiger partial charge < -0.3 is 0 Å². The van der Waals surface area contributed by atoms with E-state index in [4.69, 9.17) is 4.98 Å². The van der Waals surface area contributed by atoms with Crippen LogP contribution in [-0.4, -0.2) is 4.98 Å². The molecule has 0 spiro atoms. The van der Waals surface area contributed by atoms with Crippen LogP contribution in [0.3, 0.4) is 0 Å². The second-order valence-corrected chi connectivity index (χ2v) is 5.69. The van der Waals surface area contributed by atoms with E-state index in [1.807, 2.05) is 52.0 Å². The van der Waals surface area contributed by atoms with Gasteiger partial charge in [-0.05, 0) is 35.7 Å². The van der Waals surface area contributed by atoms with Crippen LogP contribution in [0.4, 0.5) is 0 Å². The second-order valence-electron chi connectivity index (χ2n) is 4.66. The minimum absolute atomic E-state index is 1.04. The van der Waals surface area contributed by atoms with Gasteiger partial charge in [-0.3, -0.25) is 0 Å². The van der Waals surface area contributed by atoms with Gasteiger partial charge in [0.25, 0.3) is 0 Å². The van der Waals surface area contributed by atoms with Gasteiger partial charge in [0, 0.05) is 5.56 Å². The minimum Gasteiger partial charge on any atom is -0.236 e. The molecule has 0 unspecified atom stereocenters. The Morgan fingerprint density at radius 2 is 1.58 bits per heavy atom. The molecule has 0 saturated carbocycles. The summed E-state index contributed by atoms with van der Waals surface area (Å²) in [4.78, 5) is 4.76. The van der Waals surface area contributed by atoms with Crippen molar-refractivity contribution >= 4 is 33.7 Å². The fourth-order valence-corrected chi connectivity index (χ4v) is 3.50. The lowest BCUT2D eigenvalue weighted by molar-refractivity contribution is 1.40. The van der Waals surface area contributed by atoms with Crippen molar-refractivity contribution in [1.82, 2.24) is 4.98 Å². The molecule has 0 radical (unpaired) electrons. The van der Waals surface area contributed by atoms with Crippen LogP contribution in [0, 0.1) is 6.92 Å². The van der Waals surface area contributed by atoms with Crippen LogP contribution in [0.15, 0.2) is 49.6 Å². The van der Waals surface area contributed by atoms with E-state index < -0.39 is 0 Å². The predicted octanol–water partition coefficient (Wildman–Crippen LogP) is 7.61. The topological polar surface area (TPSA) is 12.9 Å². The monoisotopic (exact) mass is 337 g/mol. The van der Waals surface area contributed by atoms with Gasteiger partial charge >= 0.3 is 0 Å². The first kappa shape index (κ1) is 19.9. The molecule has 1 heterocycles. The fourth-order valence-electron chi connectivity index (χ4n) is 2.41. The molecule has 24 heavy (non-hydrogen) atoms. The third-order valence-electron chi connectivity index (χ3n) is 3.42. The summed E-state index contributed by atoms with van der Waals surface area (Å²) >= 11 is 1.72. The summed E-state index contributed by atoms with van der Waals surface area (Å²) in [5.74, 6) is 0. The van der Waals surface area contributed by atoms with Crippen LogP contribution in [0.2, 0.25) is 0 Å². The molecule has 1 nitrogen and oxygen atoms in total. The molecule has 0 saturated heterocycles. The third-order valence-corrected chi connectivity index (χ3v) is 4.47. The third kappa shape index (κ3) is 4.01. The Bertz CT molecular complexity index is 779. The molecule has 126 valence electrons. The minimum atomic E-state index is 1.04. The molecular weight excluding hydrogens is 310 g/mol. The summed E-state index contributed by atoms with van der Waals surface area (Å²) < 4.78 is 1.21. The highest BCUT2D eigenvalue weighted by atomic mass is 32.1. The normalized spacial score (nSPS) is 9.38. The summed E-state index contributed by atoms with van der Waals surface area (Å²) in [6.45, 7) is 17.9. The molecule has 0 atom stereocenters. The highest BCUT2D eigenvalue weighted by Gasteiger charge is 2.13. The first-order valence-electron chi connectivity index (χ1n) is 8.49. The van der Waals surface area contributed by atoms with Crippen molar-refractivity contribution < 1.29 is 0 Å². The lowest BCUT2D eigenvalue weighted by atomic mass is 9.97. The van der Waals surface area contributed by atoms with Crippen molar-refractivity contribution in [1.29, 1.82) is 0 Å². The van der Waals surface area contributed by atoms with Crippen molar-refractivity contribution in [2.75, 3.05) is 0 Å². The molecule has 0 aliphatic carbocycles. The Labute approximate surface area is 150 Å². The van der Waals surface area contributed by atoms with E-state index in [0.717, 1.165) is 21.7 Å². The quantitative estimate of drug-likeness (QED) is 0.479. The van der Waals surface area contributed by atoms with E-state index >= 15 is 0 Å². The largest absolute Gasteiger partial charge is 0.236 e. The summed E-state index contributed by atoms with van der Waals surface area (Å²) in [7, 11) is 0. The maximum atomic E-state index is 4.76. The highest BCUT2D eigenvalue weighted by Crippen LogP contribution is 2.36. The predicted molar refractivity (Wildman–Crippen MR) is 113 cm³/mol. The number of hydrogen-bond acceptors (Lipinski definition) is 2. The molecular formula is C22H27NS. The SMILES string of the molecule is C=Cc1ccc(C)c(-c2nc3ccccc3s2)c1C=C.CC.CC. The first-order valence-corrected chi connectivity index (χ1v) is 9.30. The summed E-state index contributed by atoms with van der Waals surface area (Å²) in [5, 5.41) is 1.04. The Kier molecular flexibility index (Phi) is 8.14. The molecule has 0 aliphatic heterocycles. The van der Waals surface area contributed by atoms with Gasteiger partial charge in [0.1, 0.15) is 5.01 Å². The number of fused-ring (bicyclic) bond motifs is 1. The maximum Gasteiger partial charge on any atom is 0.125 e. The Hall–Kier alpha value is -2.19. The van der Waals surface area contributed by atoms with Crippen LogP contribution in [0.25, 0.3) is 32.9 Å². The van der Waals surface area contributed by atoms with Gasteiger partial charge in [0.05, 0.1) is 10.2 Å². The van der Waals surface area contributed by atoms with Crippen LogP contribution in [-0.2, 0) is 0 Å². The van der Waals surface area contributed by atoms with Crippen LogP contribution in [0.5, 0.6) is 0 Å². The van der Waals surface area contributed by atoms with Gasteiger partial charge in [0.2, 0.25) is 0 Å². The molecule has 2 heteroatoms. The van der Waals surface area contributed by atoms with Crippen LogP contribution >= 0.6 is 11.3 Å². The zero-order valence-corrected chi connectivity index (χ0v) is 16.2. The van der Waals surface area contributed by atoms with Gasteiger partial charge in [-0.25, -0.2) is 4.98 Å². The van der Waals surface area contributed by atoms with Crippen LogP contribution < -0.4 is 0 Å². The zero-order chi connectivity index (χ0) is 18.1. The summed E-state index contributed by atoms with van der Waals surface area (Å²) in [5.41, 5.74) is 5.63. The van der Waals surface area contributed by atoms with E-state index in [0.29, 0.717) is 0 Å². The Morgan fingerprint density at radius 1 is 0.917 bits per heavy atom. The van der Waals surface area contributed by atoms with Crippen molar-refractivity contribution in [3.05, 3.63) is 66.2 Å². The average molecular weight is 338 g/mol. The highest BCUT2D eigenvalue weighted by molar-refractivity contribution is 7.21. The molecule has 3 rings (SSSR count). The molecule has 0 N–H and O–H groups in total. The molecule has 3 aromatic rings. The molecule has 0 fully saturated rings. The van der Waals surface area contributed by atoms with Gasteiger partial charge in [-0.15, -0.1) is 11.3 Å². The number of nitrogens with zero attached hydrogens (tertiary/aromatic N) is 1. The van der Waals surface area contributed by atoms with Gasteiger partial charge in [0.15, 0.2) is 0 Å². The van der Waals surface area contributed by atoms with E-state index in [1.54, 1.807) is 11.3 Å². The number of hydrogen-bond donors (Lipinski definition) is 0. The van der Waals surface area contributed by atoms with Crippen molar-refractivity contribution in [3.63, 3.8) is 0 Å². The molecule has 0 bridgehead atoms. The van der Waals surface area contributed by atoms with E-state index in [2.05, 4.69) is 44.3 Å². The van der Waals surface area contributed by atoms with Gasteiger partial charge in [-0.2, -0.15) is 0 Å². The second kappa shape index (κ2) is 9.84. The fraction of sp³-hybridized carbons (Fsp3) is 0.227. The smallest absolute Gasteiger partial charge is 0.125 e. The van der Waals surface area contributed by atoms with Crippen molar-refractivity contribution in [3.8, 4) is 10.6 Å². The lowest BCUT2D eigenvalue weighted by Crippen LogP contribution is -1.91. The Balaban J connectivity index is 0.000000671. The number of rotatable bonds is 3. The summed E-state index contributed by atoms with van der Waals surface area (Å²) in [6, 6.07) is 12.4. The number of benzene rings is 2.